The second-order valence-corrected chi connectivity index (χ2v) is 5.24. The molecule has 6 heteroatoms. The molecule has 21 heavy (non-hydrogen) atoms. The molecule has 0 fully saturated rings. The maximum Gasteiger partial charge on any atom is 0.335 e. The van der Waals surface area contributed by atoms with Crippen LogP contribution in [0.3, 0.4) is 0 Å². The van der Waals surface area contributed by atoms with Gasteiger partial charge in [-0.2, -0.15) is 0 Å². The molecule has 0 bridgehead atoms. The molecule has 2 amide bonds. The first kappa shape index (κ1) is 15.1. The van der Waals surface area contributed by atoms with Crippen LogP contribution in [0, 0.1) is 0 Å². The van der Waals surface area contributed by atoms with E-state index in [2.05, 4.69) is 26.6 Å². The summed E-state index contributed by atoms with van der Waals surface area (Å²) in [4.78, 5) is 22.6. The number of hydrogen-bond acceptors (Lipinski definition) is 2. The van der Waals surface area contributed by atoms with Crippen LogP contribution < -0.4 is 10.6 Å². The second kappa shape index (κ2) is 6.90. The van der Waals surface area contributed by atoms with E-state index in [4.69, 9.17) is 5.11 Å². The maximum absolute atomic E-state index is 11.8. The van der Waals surface area contributed by atoms with Crippen molar-refractivity contribution >= 4 is 33.6 Å². The van der Waals surface area contributed by atoms with Gasteiger partial charge >= 0.3 is 12.0 Å². The van der Waals surface area contributed by atoms with Crippen molar-refractivity contribution in [1.29, 1.82) is 0 Å². The predicted molar refractivity (Wildman–Crippen MR) is 83.4 cm³/mol. The monoisotopic (exact) mass is 348 g/mol. The Labute approximate surface area is 130 Å². The number of rotatable bonds is 4. The van der Waals surface area contributed by atoms with E-state index in [1.165, 1.54) is 12.1 Å². The van der Waals surface area contributed by atoms with Gasteiger partial charge in [-0.05, 0) is 35.9 Å². The van der Waals surface area contributed by atoms with Crippen molar-refractivity contribution in [1.82, 2.24) is 5.32 Å². The Hall–Kier alpha value is -2.34. The lowest BCUT2D eigenvalue weighted by atomic mass is 10.1. The summed E-state index contributed by atoms with van der Waals surface area (Å²) in [6, 6.07) is 13.3. The number of carboxylic acid groups (broad SMARTS) is 1. The molecule has 0 aliphatic rings. The molecule has 0 aromatic heterocycles. The van der Waals surface area contributed by atoms with E-state index in [9.17, 15) is 9.59 Å². The van der Waals surface area contributed by atoms with Crippen LogP contribution >= 0.6 is 15.9 Å². The van der Waals surface area contributed by atoms with E-state index < -0.39 is 5.97 Å². The van der Waals surface area contributed by atoms with E-state index in [1.807, 2.05) is 12.1 Å². The summed E-state index contributed by atoms with van der Waals surface area (Å²) in [5.41, 5.74) is 1.59. The number of carbonyl (C=O) groups is 2. The van der Waals surface area contributed by atoms with E-state index in [0.29, 0.717) is 5.69 Å². The first-order valence-electron chi connectivity index (χ1n) is 6.17. The average Bonchev–Trinajstić information content (AvgIpc) is 2.45. The van der Waals surface area contributed by atoms with E-state index in [-0.39, 0.29) is 18.1 Å². The summed E-state index contributed by atoms with van der Waals surface area (Å²) >= 11 is 3.32. The van der Waals surface area contributed by atoms with Crippen molar-refractivity contribution in [2.24, 2.45) is 0 Å². The molecule has 2 aromatic carbocycles. The van der Waals surface area contributed by atoms with Gasteiger partial charge in [0.2, 0.25) is 0 Å². The van der Waals surface area contributed by atoms with Crippen LogP contribution in [0.15, 0.2) is 53.0 Å². The third-order valence-corrected chi connectivity index (χ3v) is 3.20. The van der Waals surface area contributed by atoms with Crippen LogP contribution in [0.2, 0.25) is 0 Å². The van der Waals surface area contributed by atoms with Crippen LogP contribution in [0.1, 0.15) is 15.9 Å². The second-order valence-electron chi connectivity index (χ2n) is 4.32. The standard InChI is InChI=1S/C15H13BrN2O3/c16-12-5-2-6-13(8-12)18-15(21)17-9-10-3-1-4-11(7-10)14(19)20/h1-8H,9H2,(H,19,20)(H2,17,18,21). The van der Waals surface area contributed by atoms with Gasteiger partial charge in [0.05, 0.1) is 5.56 Å². The Balaban J connectivity index is 1.92. The molecule has 0 aliphatic heterocycles. The molecule has 5 nitrogen and oxygen atoms in total. The molecule has 0 aliphatic carbocycles. The van der Waals surface area contributed by atoms with Crippen molar-refractivity contribution < 1.29 is 14.7 Å². The topological polar surface area (TPSA) is 78.4 Å². The molecular weight excluding hydrogens is 336 g/mol. The molecule has 2 aromatic rings. The first-order chi connectivity index (χ1) is 10.0. The summed E-state index contributed by atoms with van der Waals surface area (Å²) in [6.45, 7) is 0.251. The number of halogens is 1. The Bertz CT molecular complexity index is 673. The van der Waals surface area contributed by atoms with Crippen LogP contribution in [0.4, 0.5) is 10.5 Å². The SMILES string of the molecule is O=C(NCc1cccc(C(=O)O)c1)Nc1cccc(Br)c1. The Morgan fingerprint density at radius 1 is 1.10 bits per heavy atom. The zero-order valence-corrected chi connectivity index (χ0v) is 12.6. The van der Waals surface area contributed by atoms with Crippen LogP contribution in [0.25, 0.3) is 0 Å². The molecule has 2 rings (SSSR count). The lowest BCUT2D eigenvalue weighted by molar-refractivity contribution is 0.0696. The third-order valence-electron chi connectivity index (χ3n) is 2.71. The highest BCUT2D eigenvalue weighted by Crippen LogP contribution is 2.15. The van der Waals surface area contributed by atoms with Gasteiger partial charge < -0.3 is 15.7 Å². The number of anilines is 1. The summed E-state index contributed by atoms with van der Waals surface area (Å²) < 4.78 is 0.870. The summed E-state index contributed by atoms with van der Waals surface area (Å²) in [5.74, 6) is -0.990. The Morgan fingerprint density at radius 3 is 2.57 bits per heavy atom. The maximum atomic E-state index is 11.8. The van der Waals surface area contributed by atoms with Gasteiger partial charge in [-0.1, -0.05) is 34.1 Å². The zero-order valence-electron chi connectivity index (χ0n) is 11.0. The highest BCUT2D eigenvalue weighted by atomic mass is 79.9. The van der Waals surface area contributed by atoms with Gasteiger partial charge in [0, 0.05) is 16.7 Å². The van der Waals surface area contributed by atoms with Crippen LogP contribution in [-0.4, -0.2) is 17.1 Å². The molecule has 0 heterocycles. The molecule has 0 radical (unpaired) electrons. The number of carboxylic acids is 1. The van der Waals surface area contributed by atoms with Gasteiger partial charge in [0.25, 0.3) is 0 Å². The molecular formula is C15H13BrN2O3. The average molecular weight is 349 g/mol. The fraction of sp³-hybridized carbons (Fsp3) is 0.0667. The minimum Gasteiger partial charge on any atom is -0.478 e. The first-order valence-corrected chi connectivity index (χ1v) is 6.96. The largest absolute Gasteiger partial charge is 0.478 e. The molecule has 0 atom stereocenters. The summed E-state index contributed by atoms with van der Waals surface area (Å²) in [6.07, 6.45) is 0. The highest BCUT2D eigenvalue weighted by Gasteiger charge is 2.05. The van der Waals surface area contributed by atoms with E-state index >= 15 is 0 Å². The molecule has 3 N–H and O–H groups in total. The number of aromatic carboxylic acids is 1. The fourth-order valence-electron chi connectivity index (χ4n) is 1.74. The lowest BCUT2D eigenvalue weighted by Crippen LogP contribution is -2.28. The van der Waals surface area contributed by atoms with Crippen molar-refractivity contribution in [3.63, 3.8) is 0 Å². The Morgan fingerprint density at radius 2 is 1.86 bits per heavy atom. The Kier molecular flexibility index (Phi) is 4.94. The molecule has 0 saturated carbocycles. The minimum atomic E-state index is -0.990. The zero-order chi connectivity index (χ0) is 15.2. The highest BCUT2D eigenvalue weighted by molar-refractivity contribution is 9.10. The van der Waals surface area contributed by atoms with Crippen LogP contribution in [0.5, 0.6) is 0 Å². The normalized spacial score (nSPS) is 9.95. The molecule has 108 valence electrons. The number of amides is 2. The van der Waals surface area contributed by atoms with Gasteiger partial charge in [0.15, 0.2) is 0 Å². The number of nitrogens with one attached hydrogen (secondary N) is 2. The van der Waals surface area contributed by atoms with Gasteiger partial charge in [0.1, 0.15) is 0 Å². The van der Waals surface area contributed by atoms with Crippen molar-refractivity contribution in [3.8, 4) is 0 Å². The lowest BCUT2D eigenvalue weighted by Gasteiger charge is -2.08. The molecule has 0 saturated heterocycles. The number of urea groups is 1. The third kappa shape index (κ3) is 4.61. The summed E-state index contributed by atoms with van der Waals surface area (Å²) in [5, 5.41) is 14.3. The summed E-state index contributed by atoms with van der Waals surface area (Å²) in [7, 11) is 0. The fourth-order valence-corrected chi connectivity index (χ4v) is 2.14. The minimum absolute atomic E-state index is 0.196. The number of hydrogen-bond donors (Lipinski definition) is 3. The number of benzene rings is 2. The number of carbonyl (C=O) groups excluding carboxylic acids is 1. The quantitative estimate of drug-likeness (QED) is 0.791. The molecule has 0 unspecified atom stereocenters. The molecule has 0 spiro atoms. The predicted octanol–water partition coefficient (Wildman–Crippen LogP) is 3.47. The van der Waals surface area contributed by atoms with E-state index in [0.717, 1.165) is 10.0 Å². The smallest absolute Gasteiger partial charge is 0.335 e. The van der Waals surface area contributed by atoms with Gasteiger partial charge in [-0.3, -0.25) is 0 Å². The van der Waals surface area contributed by atoms with Crippen molar-refractivity contribution in [2.75, 3.05) is 5.32 Å². The van der Waals surface area contributed by atoms with Gasteiger partial charge in [-0.25, -0.2) is 9.59 Å². The van der Waals surface area contributed by atoms with E-state index in [1.54, 1.807) is 24.3 Å². The van der Waals surface area contributed by atoms with Crippen LogP contribution in [-0.2, 0) is 6.54 Å². The van der Waals surface area contributed by atoms with Crippen molar-refractivity contribution in [3.05, 3.63) is 64.1 Å². The van der Waals surface area contributed by atoms with Gasteiger partial charge in [-0.15, -0.1) is 0 Å². The van der Waals surface area contributed by atoms with Crippen molar-refractivity contribution in [2.45, 2.75) is 6.54 Å².